The van der Waals surface area contributed by atoms with E-state index in [4.69, 9.17) is 10.8 Å². The maximum Gasteiger partial charge on any atom is 0.248 e. The summed E-state index contributed by atoms with van der Waals surface area (Å²) in [6.07, 6.45) is 1.58. The highest BCUT2D eigenvalue weighted by molar-refractivity contribution is 5.93. The number of amides is 2. The van der Waals surface area contributed by atoms with Gasteiger partial charge in [0.25, 0.3) is 0 Å². The molecule has 1 aliphatic rings. The van der Waals surface area contributed by atoms with Gasteiger partial charge < -0.3 is 10.6 Å². The lowest BCUT2D eigenvalue weighted by molar-refractivity contribution is -0.129. The first-order chi connectivity index (χ1) is 13.9. The molecule has 2 amide bonds. The van der Waals surface area contributed by atoms with Crippen LogP contribution in [0.15, 0.2) is 48.5 Å². The van der Waals surface area contributed by atoms with Gasteiger partial charge in [0, 0.05) is 56.7 Å². The van der Waals surface area contributed by atoms with Crippen LogP contribution in [-0.4, -0.2) is 33.0 Å². The summed E-state index contributed by atoms with van der Waals surface area (Å²) in [5.74, 6) is -0.314. The van der Waals surface area contributed by atoms with Crippen LogP contribution in [0, 0.1) is 0 Å². The molecule has 0 saturated heterocycles. The first-order valence-corrected chi connectivity index (χ1v) is 9.70. The van der Waals surface area contributed by atoms with Crippen molar-refractivity contribution >= 4 is 11.8 Å². The van der Waals surface area contributed by atoms with Crippen molar-refractivity contribution in [3.63, 3.8) is 0 Å². The molecule has 0 saturated carbocycles. The van der Waals surface area contributed by atoms with Crippen molar-refractivity contribution in [2.75, 3.05) is 6.54 Å². The molecule has 4 rings (SSSR count). The van der Waals surface area contributed by atoms with Crippen molar-refractivity contribution in [1.29, 1.82) is 0 Å². The van der Waals surface area contributed by atoms with Gasteiger partial charge in [-0.25, -0.2) is 0 Å². The lowest BCUT2D eigenvalue weighted by Crippen LogP contribution is -2.34. The highest BCUT2D eigenvalue weighted by atomic mass is 16.2. The lowest BCUT2D eigenvalue weighted by atomic mass is 9.98. The molecule has 6 heteroatoms. The number of aromatic nitrogens is 2. The summed E-state index contributed by atoms with van der Waals surface area (Å²) in [5.41, 5.74) is 12.5. The summed E-state index contributed by atoms with van der Waals surface area (Å²) in [7, 11) is 1.98. The quantitative estimate of drug-likeness (QED) is 0.746. The Hall–Kier alpha value is -3.41. The molecule has 3 aromatic rings. The van der Waals surface area contributed by atoms with Crippen LogP contribution >= 0.6 is 0 Å². The van der Waals surface area contributed by atoms with Crippen molar-refractivity contribution in [1.82, 2.24) is 14.7 Å². The number of aryl methyl sites for hydroxylation is 1. The van der Waals surface area contributed by atoms with E-state index >= 15 is 0 Å². The molecule has 29 heavy (non-hydrogen) atoms. The van der Waals surface area contributed by atoms with Crippen LogP contribution in [0.4, 0.5) is 0 Å². The van der Waals surface area contributed by atoms with Crippen LogP contribution in [0.2, 0.25) is 0 Å². The van der Waals surface area contributed by atoms with E-state index in [0.29, 0.717) is 12.1 Å². The summed E-state index contributed by atoms with van der Waals surface area (Å²) in [5, 5.41) is 4.72. The number of carbonyl (C=O) groups excluding carboxylic acids is 2. The Morgan fingerprint density at radius 2 is 1.66 bits per heavy atom. The lowest BCUT2D eigenvalue weighted by Gasteiger charge is -2.26. The Bertz CT molecular complexity index is 1070. The van der Waals surface area contributed by atoms with Crippen molar-refractivity contribution in [2.45, 2.75) is 26.3 Å². The molecular formula is C23H24N4O2. The number of carbonyl (C=O) groups is 2. The molecule has 0 radical (unpaired) electrons. The van der Waals surface area contributed by atoms with Crippen LogP contribution in [0.25, 0.3) is 11.1 Å². The number of benzene rings is 2. The van der Waals surface area contributed by atoms with Gasteiger partial charge in [0.15, 0.2) is 0 Å². The van der Waals surface area contributed by atoms with Crippen molar-refractivity contribution in [3.8, 4) is 11.1 Å². The molecule has 0 spiro atoms. The van der Waals surface area contributed by atoms with Gasteiger partial charge in [-0.1, -0.05) is 36.4 Å². The fraction of sp³-hybridized carbons (Fsp3) is 0.261. The maximum atomic E-state index is 11.8. The molecule has 2 heterocycles. The minimum absolute atomic E-state index is 0.108. The summed E-state index contributed by atoms with van der Waals surface area (Å²) in [6.45, 7) is 3.01. The molecule has 0 unspecified atom stereocenters. The number of nitrogens with zero attached hydrogens (tertiary/aromatic N) is 3. The van der Waals surface area contributed by atoms with Crippen LogP contribution < -0.4 is 5.73 Å². The maximum absolute atomic E-state index is 11.8. The highest BCUT2D eigenvalue weighted by Gasteiger charge is 2.25. The Morgan fingerprint density at radius 3 is 2.24 bits per heavy atom. The summed E-state index contributed by atoms with van der Waals surface area (Å²) < 4.78 is 1.96. The second kappa shape index (κ2) is 7.54. The minimum atomic E-state index is -0.422. The smallest absolute Gasteiger partial charge is 0.248 e. The molecule has 2 aromatic carbocycles. The first kappa shape index (κ1) is 18.9. The van der Waals surface area contributed by atoms with Gasteiger partial charge >= 0.3 is 0 Å². The number of fused-ring (bicyclic) bond motifs is 1. The first-order valence-electron chi connectivity index (χ1n) is 9.70. The van der Waals surface area contributed by atoms with Gasteiger partial charge in [0.1, 0.15) is 0 Å². The van der Waals surface area contributed by atoms with E-state index in [1.54, 1.807) is 19.1 Å². The van der Waals surface area contributed by atoms with Gasteiger partial charge in [0.2, 0.25) is 11.8 Å². The molecule has 1 aromatic heterocycles. The molecule has 148 valence electrons. The van der Waals surface area contributed by atoms with E-state index in [-0.39, 0.29) is 5.91 Å². The Balaban J connectivity index is 1.54. The zero-order valence-corrected chi connectivity index (χ0v) is 16.7. The third kappa shape index (κ3) is 3.78. The second-order valence-electron chi connectivity index (χ2n) is 7.50. The fourth-order valence-electron chi connectivity index (χ4n) is 3.92. The van der Waals surface area contributed by atoms with E-state index in [2.05, 4.69) is 24.3 Å². The molecule has 2 N–H and O–H groups in total. The van der Waals surface area contributed by atoms with Crippen LogP contribution in [0.5, 0.6) is 0 Å². The number of primary amides is 1. The molecule has 0 fully saturated rings. The standard InChI is InChI=1S/C23H24N4O2/c1-15(28)27-12-11-22-20(14-27)21(25-26(22)2)13-16-3-5-17(6-4-16)18-7-9-19(10-8-18)23(24)29/h3-10H,11-14H2,1-2H3,(H2,24,29). The number of hydrogen-bond acceptors (Lipinski definition) is 3. The SMILES string of the molecule is CC(=O)N1CCc2c(c(Cc3ccc(-c4ccc(C(N)=O)cc4)cc3)nn2C)C1. The predicted octanol–water partition coefficient (Wildman–Crippen LogP) is 2.68. The predicted molar refractivity (Wildman–Crippen MR) is 111 cm³/mol. The summed E-state index contributed by atoms with van der Waals surface area (Å²) >= 11 is 0. The third-order valence-corrected chi connectivity index (χ3v) is 5.60. The molecule has 6 nitrogen and oxygen atoms in total. The van der Waals surface area contributed by atoms with Crippen molar-refractivity contribution in [2.24, 2.45) is 12.8 Å². The fourth-order valence-corrected chi connectivity index (χ4v) is 3.92. The number of rotatable bonds is 4. The Labute approximate surface area is 169 Å². The third-order valence-electron chi connectivity index (χ3n) is 5.60. The molecule has 0 atom stereocenters. The number of hydrogen-bond donors (Lipinski definition) is 1. The van der Waals surface area contributed by atoms with Crippen molar-refractivity contribution in [3.05, 3.63) is 76.6 Å². The van der Waals surface area contributed by atoms with E-state index < -0.39 is 5.91 Å². The Morgan fingerprint density at radius 1 is 1.03 bits per heavy atom. The van der Waals surface area contributed by atoms with Gasteiger partial charge in [-0.15, -0.1) is 0 Å². The topological polar surface area (TPSA) is 81.2 Å². The summed E-state index contributed by atoms with van der Waals surface area (Å²) in [6, 6.07) is 15.6. The molecule has 0 bridgehead atoms. The monoisotopic (exact) mass is 388 g/mol. The Kier molecular flexibility index (Phi) is 4.92. The largest absolute Gasteiger partial charge is 0.366 e. The van der Waals surface area contributed by atoms with E-state index in [1.807, 2.05) is 28.8 Å². The second-order valence-corrected chi connectivity index (χ2v) is 7.50. The van der Waals surface area contributed by atoms with E-state index in [1.165, 1.54) is 16.8 Å². The molecular weight excluding hydrogens is 364 g/mol. The minimum Gasteiger partial charge on any atom is -0.366 e. The van der Waals surface area contributed by atoms with Crippen molar-refractivity contribution < 1.29 is 9.59 Å². The zero-order chi connectivity index (χ0) is 20.5. The summed E-state index contributed by atoms with van der Waals surface area (Å²) in [4.78, 5) is 24.9. The van der Waals surface area contributed by atoms with E-state index in [0.717, 1.165) is 36.2 Å². The number of nitrogens with two attached hydrogens (primary N) is 1. The zero-order valence-electron chi connectivity index (χ0n) is 16.7. The van der Waals surface area contributed by atoms with Gasteiger partial charge in [-0.05, 0) is 28.8 Å². The average molecular weight is 388 g/mol. The van der Waals surface area contributed by atoms with Gasteiger partial charge in [-0.3, -0.25) is 14.3 Å². The normalized spacial score (nSPS) is 13.2. The van der Waals surface area contributed by atoms with Crippen LogP contribution in [0.3, 0.4) is 0 Å². The molecule has 1 aliphatic heterocycles. The highest BCUT2D eigenvalue weighted by Crippen LogP contribution is 2.26. The van der Waals surface area contributed by atoms with Crippen LogP contribution in [-0.2, 0) is 31.2 Å². The van der Waals surface area contributed by atoms with Crippen LogP contribution in [0.1, 0.15) is 39.8 Å². The molecule has 0 aliphatic carbocycles. The average Bonchev–Trinajstić information content (AvgIpc) is 3.03. The van der Waals surface area contributed by atoms with Gasteiger partial charge in [-0.2, -0.15) is 5.10 Å². The van der Waals surface area contributed by atoms with Gasteiger partial charge in [0.05, 0.1) is 5.69 Å². The van der Waals surface area contributed by atoms with E-state index in [9.17, 15) is 9.59 Å².